The Labute approximate surface area is 208 Å². The van der Waals surface area contributed by atoms with E-state index in [2.05, 4.69) is 120 Å². The Morgan fingerprint density at radius 1 is 0.781 bits per heavy atom. The quantitative estimate of drug-likeness (QED) is 0.320. The normalized spacial score (nSPS) is 10.0. The standard InChI is InChI=1S/C20H26I.C7H4.H2O3S.H2/c1-19(2,3)15-7-11-17(12-8-15)21-18-13-9-16(10-14-18)20(4,5)6;1-3-5-7-6-4-2;1-4(2)3;/h7-14H,1-6H3;1H,2H3;(H2,1,2,3);1H/q+1;;;/p-2. The van der Waals surface area contributed by atoms with Gasteiger partial charge in [-0.05, 0) is 76.8 Å². The zero-order valence-electron chi connectivity index (χ0n) is 19.7. The van der Waals surface area contributed by atoms with Crippen LogP contribution in [0.2, 0.25) is 0 Å². The first kappa shape index (κ1) is 29.9. The monoisotopic (exact) mass is 563 g/mol. The maximum atomic E-state index is 8.44. The van der Waals surface area contributed by atoms with Crippen molar-refractivity contribution in [1.29, 1.82) is 0 Å². The minimum Gasteiger partial charge on any atom is -0.784 e. The van der Waals surface area contributed by atoms with E-state index in [1.165, 1.54) is 18.3 Å². The first-order valence-electron chi connectivity index (χ1n) is 9.81. The van der Waals surface area contributed by atoms with Crippen molar-refractivity contribution in [2.45, 2.75) is 59.3 Å². The van der Waals surface area contributed by atoms with Gasteiger partial charge in [-0.3, -0.25) is 4.21 Å². The average Bonchev–Trinajstić information content (AvgIpc) is 2.68. The predicted octanol–water partition coefficient (Wildman–Crippen LogP) is 2.30. The van der Waals surface area contributed by atoms with Crippen LogP contribution in [0.4, 0.5) is 0 Å². The molecule has 0 aliphatic rings. The molecule has 2 aromatic carbocycles. The molecule has 0 aliphatic carbocycles. The Morgan fingerprint density at radius 2 is 1.12 bits per heavy atom. The van der Waals surface area contributed by atoms with Crippen LogP contribution in [0.3, 0.4) is 0 Å². The summed E-state index contributed by atoms with van der Waals surface area (Å²) in [5, 5.41) is 0. The van der Waals surface area contributed by atoms with Gasteiger partial charge in [0.25, 0.3) is 0 Å². The molecule has 0 fully saturated rings. The fourth-order valence-corrected chi connectivity index (χ4v) is 4.44. The van der Waals surface area contributed by atoms with Crippen molar-refractivity contribution in [2.75, 3.05) is 0 Å². The first-order valence-corrected chi connectivity index (χ1v) is 13.0. The van der Waals surface area contributed by atoms with Crippen LogP contribution in [0.25, 0.3) is 0 Å². The molecule has 2 aromatic rings. The topological polar surface area (TPSA) is 63.2 Å². The molecule has 5 heteroatoms. The maximum Gasteiger partial charge on any atom is 0.357 e. The second-order valence-electron chi connectivity index (χ2n) is 8.58. The maximum absolute atomic E-state index is 8.44. The van der Waals surface area contributed by atoms with E-state index in [1.807, 2.05) is 0 Å². The van der Waals surface area contributed by atoms with Gasteiger partial charge in [-0.2, -0.15) is 0 Å². The molecule has 0 N–H and O–H groups in total. The van der Waals surface area contributed by atoms with Crippen LogP contribution in [-0.2, 0) is 22.2 Å². The summed E-state index contributed by atoms with van der Waals surface area (Å²) in [6.07, 6.45) is 4.78. The second kappa shape index (κ2) is 14.9. The van der Waals surface area contributed by atoms with E-state index in [0.717, 1.165) is 0 Å². The van der Waals surface area contributed by atoms with Crippen LogP contribution < -0.4 is 21.2 Å². The van der Waals surface area contributed by atoms with Crippen molar-refractivity contribution >= 4 is 11.4 Å². The summed E-state index contributed by atoms with van der Waals surface area (Å²) in [7, 11) is 0. The lowest BCUT2D eigenvalue weighted by Crippen LogP contribution is -3.61. The lowest BCUT2D eigenvalue weighted by atomic mass is 9.87. The molecule has 0 saturated heterocycles. The predicted molar refractivity (Wildman–Crippen MR) is 130 cm³/mol. The molecule has 0 spiro atoms. The number of hydrogen-bond acceptors (Lipinski definition) is 3. The number of rotatable bonds is 2. The third kappa shape index (κ3) is 14.1. The molecule has 0 aromatic heterocycles. The molecular weight excluding hydrogens is 531 g/mol. The van der Waals surface area contributed by atoms with Gasteiger partial charge in [0.2, 0.25) is 0 Å². The molecule has 0 amide bonds. The summed E-state index contributed by atoms with van der Waals surface area (Å²) in [4.78, 5) is 0. The Balaban J connectivity index is 0. The first-order chi connectivity index (χ1) is 14.8. The van der Waals surface area contributed by atoms with Crippen molar-refractivity contribution in [3.63, 3.8) is 0 Å². The summed E-state index contributed by atoms with van der Waals surface area (Å²) >= 11 is -3.18. The van der Waals surface area contributed by atoms with E-state index in [1.54, 1.807) is 6.92 Å². The highest BCUT2D eigenvalue weighted by atomic mass is 127. The smallest absolute Gasteiger partial charge is 0.357 e. The Hall–Kier alpha value is -2.08. The highest BCUT2D eigenvalue weighted by Gasteiger charge is 2.20. The van der Waals surface area contributed by atoms with Gasteiger partial charge in [-0.1, -0.05) is 71.7 Å². The van der Waals surface area contributed by atoms with Crippen LogP contribution in [0, 0.1) is 43.2 Å². The SMILES string of the molecule is C#CC#CC#CC.CC(C)(C)c1ccc([I+]c2ccc(C(C)(C)C)cc2)cc1.O=S([O-])[O-].[HH]. The zero-order chi connectivity index (χ0) is 24.8. The van der Waals surface area contributed by atoms with E-state index >= 15 is 0 Å². The van der Waals surface area contributed by atoms with Crippen LogP contribution in [0.15, 0.2) is 48.5 Å². The van der Waals surface area contributed by atoms with Gasteiger partial charge in [0.15, 0.2) is 7.14 Å². The Morgan fingerprint density at radius 3 is 1.38 bits per heavy atom. The molecule has 2 rings (SSSR count). The summed E-state index contributed by atoms with van der Waals surface area (Å²) in [6, 6.07) is 18.4. The minimum absolute atomic E-state index is 0. The van der Waals surface area contributed by atoms with E-state index in [4.69, 9.17) is 19.7 Å². The van der Waals surface area contributed by atoms with Crippen LogP contribution >= 0.6 is 0 Å². The fourth-order valence-electron chi connectivity index (χ4n) is 2.28. The molecule has 0 saturated carbocycles. The largest absolute Gasteiger partial charge is 0.784 e. The molecule has 32 heavy (non-hydrogen) atoms. The van der Waals surface area contributed by atoms with Crippen molar-refractivity contribution in [2.24, 2.45) is 0 Å². The molecular formula is C27H32IO3S-. The highest BCUT2D eigenvalue weighted by Crippen LogP contribution is 2.21. The Kier molecular flexibility index (Phi) is 13.9. The molecule has 0 heterocycles. The third-order valence-electron chi connectivity index (χ3n) is 3.96. The summed E-state index contributed by atoms with van der Waals surface area (Å²) in [6.45, 7) is 15.3. The van der Waals surface area contributed by atoms with Crippen molar-refractivity contribution < 1.29 is 35.9 Å². The molecule has 3 nitrogen and oxygen atoms in total. The fraction of sp³-hybridized carbons (Fsp3) is 0.333. The number of terminal acetylenes is 1. The van der Waals surface area contributed by atoms with Gasteiger partial charge in [-0.15, -0.1) is 17.8 Å². The zero-order valence-corrected chi connectivity index (χ0v) is 22.7. The van der Waals surface area contributed by atoms with Gasteiger partial charge in [-0.25, -0.2) is 0 Å². The van der Waals surface area contributed by atoms with Gasteiger partial charge < -0.3 is 9.11 Å². The van der Waals surface area contributed by atoms with E-state index in [-0.39, 0.29) is 33.5 Å². The van der Waals surface area contributed by atoms with Crippen molar-refractivity contribution in [1.82, 2.24) is 0 Å². The van der Waals surface area contributed by atoms with E-state index in [0.29, 0.717) is 0 Å². The molecule has 0 radical (unpaired) electrons. The van der Waals surface area contributed by atoms with Crippen LogP contribution in [0.1, 0.15) is 61.0 Å². The molecule has 0 bridgehead atoms. The number of hydrogen-bond donors (Lipinski definition) is 0. The van der Waals surface area contributed by atoms with Gasteiger partial charge in [0.05, 0.1) is 0 Å². The lowest BCUT2D eigenvalue weighted by Gasteiger charge is -2.18. The molecule has 0 unspecified atom stereocenters. The van der Waals surface area contributed by atoms with Gasteiger partial charge in [0, 0.05) is 1.43 Å². The van der Waals surface area contributed by atoms with Gasteiger partial charge in [0.1, 0.15) is 0 Å². The average molecular weight is 564 g/mol. The summed E-state index contributed by atoms with van der Waals surface area (Å²) in [5.74, 6) is 12.0. The Bertz CT molecular complexity index is 959. The van der Waals surface area contributed by atoms with Crippen molar-refractivity contribution in [3.8, 4) is 36.0 Å². The lowest BCUT2D eigenvalue weighted by molar-refractivity contribution is -0.597. The van der Waals surface area contributed by atoms with Crippen LogP contribution in [-0.4, -0.2) is 13.3 Å². The minimum atomic E-state index is -3.11. The van der Waals surface area contributed by atoms with Crippen LogP contribution in [0.5, 0.6) is 0 Å². The molecule has 172 valence electrons. The highest BCUT2D eigenvalue weighted by molar-refractivity contribution is 7.72. The van der Waals surface area contributed by atoms with Crippen molar-refractivity contribution in [3.05, 3.63) is 66.8 Å². The number of halogens is 1. The van der Waals surface area contributed by atoms with Gasteiger partial charge >= 0.3 is 21.2 Å². The van der Waals surface area contributed by atoms with E-state index in [9.17, 15) is 0 Å². The van der Waals surface area contributed by atoms with E-state index < -0.39 is 11.4 Å². The second-order valence-corrected chi connectivity index (χ2v) is 12.0. The summed E-state index contributed by atoms with van der Waals surface area (Å²) < 4.78 is 28.3. The number of benzene rings is 2. The molecule has 0 aliphatic heterocycles. The summed E-state index contributed by atoms with van der Waals surface area (Å²) in [5.41, 5.74) is 3.31. The third-order valence-corrected chi connectivity index (χ3v) is 6.64. The molecule has 0 atom stereocenters.